The van der Waals surface area contributed by atoms with Gasteiger partial charge in [0.2, 0.25) is 5.91 Å². The van der Waals surface area contributed by atoms with Gasteiger partial charge in [-0.15, -0.1) is 18.3 Å². The minimum Gasteiger partial charge on any atom is -0.473 e. The summed E-state index contributed by atoms with van der Waals surface area (Å²) in [4.78, 5) is 35.1. The summed E-state index contributed by atoms with van der Waals surface area (Å²) >= 11 is 1.21. The monoisotopic (exact) mass is 624 g/mol. The molecule has 1 aromatic heterocycles. The van der Waals surface area contributed by atoms with Crippen LogP contribution in [0.5, 0.6) is 11.5 Å². The Bertz CT molecular complexity index is 1640. The first-order chi connectivity index (χ1) is 21.2. The number of aliphatic imine (C=N–C) groups is 1. The van der Waals surface area contributed by atoms with Crippen LogP contribution < -0.4 is 19.7 Å². The van der Waals surface area contributed by atoms with E-state index in [1.807, 2.05) is 24.3 Å². The number of alkyl halides is 3. The lowest BCUT2D eigenvalue weighted by atomic mass is 10.1. The van der Waals surface area contributed by atoms with E-state index in [0.29, 0.717) is 28.0 Å². The molecule has 4 aromatic rings. The van der Waals surface area contributed by atoms with Crippen molar-refractivity contribution in [2.45, 2.75) is 32.5 Å². The van der Waals surface area contributed by atoms with Crippen LogP contribution in [0.3, 0.4) is 0 Å². The average Bonchev–Trinajstić information content (AvgIpc) is 3.63. The number of benzene rings is 3. The highest BCUT2D eigenvalue weighted by Gasteiger charge is 2.32. The molecular weight excluding hydrogens is 597 g/mol. The van der Waals surface area contributed by atoms with Crippen LogP contribution in [0, 0.1) is 0 Å². The van der Waals surface area contributed by atoms with E-state index in [1.165, 1.54) is 51.9 Å². The predicted molar refractivity (Wildman–Crippen MR) is 160 cm³/mol. The molecule has 3 aromatic carbocycles. The van der Waals surface area contributed by atoms with Crippen molar-refractivity contribution in [1.29, 1.82) is 0 Å². The number of anilines is 1. The average molecular weight is 625 g/mol. The summed E-state index contributed by atoms with van der Waals surface area (Å²) in [6.07, 6.45) is -0.495. The minimum absolute atomic E-state index is 0.130. The maximum absolute atomic E-state index is 12.7. The summed E-state index contributed by atoms with van der Waals surface area (Å²) < 4.78 is 48.1. The Labute approximate surface area is 254 Å². The van der Waals surface area contributed by atoms with Gasteiger partial charge in [-0.2, -0.15) is 4.99 Å². The van der Waals surface area contributed by atoms with Crippen molar-refractivity contribution < 1.29 is 32.2 Å². The van der Waals surface area contributed by atoms with Gasteiger partial charge in [-0.05, 0) is 73.0 Å². The molecule has 0 aliphatic carbocycles. The molecule has 0 bridgehead atoms. The smallest absolute Gasteiger partial charge is 0.473 e. The quantitative estimate of drug-likeness (QED) is 0.205. The summed E-state index contributed by atoms with van der Waals surface area (Å²) in [5.74, 6) is 0.598. The molecule has 0 atom stereocenters. The van der Waals surface area contributed by atoms with Gasteiger partial charge in [-0.1, -0.05) is 43.3 Å². The van der Waals surface area contributed by atoms with Crippen LogP contribution in [-0.4, -0.2) is 50.7 Å². The van der Waals surface area contributed by atoms with E-state index in [2.05, 4.69) is 32.1 Å². The number of unbranched alkanes of at least 4 members (excludes halogenated alkanes) is 1. The molecule has 1 aliphatic heterocycles. The Kier molecular flexibility index (Phi) is 9.48. The molecule has 1 saturated heterocycles. The van der Waals surface area contributed by atoms with Crippen molar-refractivity contribution in [3.8, 4) is 28.6 Å². The van der Waals surface area contributed by atoms with Crippen LogP contribution in [0.15, 0.2) is 84.1 Å². The standard InChI is InChI=1S/C30H27F3N6O4S/c1-2-3-6-20-7-4-5-8-25(20)39-26(40)17-44-29(39)36-28(41)35-19-42-23-13-9-21(10-14-23)27-34-18-38(37-27)22-11-15-24(16-12-22)43-30(31,32)33/h4-5,7-16,18H,2-3,6,17,19H2,1H3,(H,35,41)/b36-29-. The molecule has 1 aliphatic rings. The first-order valence-corrected chi connectivity index (χ1v) is 14.6. The highest BCUT2D eigenvalue weighted by atomic mass is 32.2. The second-order valence-electron chi connectivity index (χ2n) is 9.49. The highest BCUT2D eigenvalue weighted by molar-refractivity contribution is 8.15. The Hall–Kier alpha value is -4.85. The Morgan fingerprint density at radius 2 is 1.77 bits per heavy atom. The number of nitrogens with one attached hydrogen (secondary N) is 1. The first kappa shape index (κ1) is 30.6. The number of nitrogens with zero attached hydrogens (tertiary/aromatic N) is 5. The molecule has 0 saturated carbocycles. The number of aromatic nitrogens is 3. The molecule has 228 valence electrons. The number of carbonyl (C=O) groups is 2. The fraction of sp³-hybridized carbons (Fsp3) is 0.233. The molecule has 1 N–H and O–H groups in total. The van der Waals surface area contributed by atoms with E-state index in [4.69, 9.17) is 4.74 Å². The SMILES string of the molecule is CCCCc1ccccc1N1C(=O)CS/C1=N\C(=O)NCOc1ccc(-c2ncn(-c3ccc(OC(F)(F)F)cc3)n2)cc1. The third kappa shape index (κ3) is 7.75. The lowest BCUT2D eigenvalue weighted by Crippen LogP contribution is -2.32. The van der Waals surface area contributed by atoms with E-state index >= 15 is 0 Å². The number of aryl methyl sites for hydroxylation is 1. The van der Waals surface area contributed by atoms with E-state index in [9.17, 15) is 22.8 Å². The Balaban J connectivity index is 1.16. The van der Waals surface area contributed by atoms with E-state index in [1.54, 1.807) is 24.3 Å². The molecule has 1 fully saturated rings. The third-order valence-corrected chi connectivity index (χ3v) is 7.32. The number of halogens is 3. The van der Waals surface area contributed by atoms with Crippen LogP contribution in [0.2, 0.25) is 0 Å². The second kappa shape index (κ2) is 13.6. The molecule has 3 amide bonds. The van der Waals surface area contributed by atoms with Crippen LogP contribution >= 0.6 is 11.8 Å². The number of hydrogen-bond donors (Lipinski definition) is 1. The van der Waals surface area contributed by atoms with Crippen LogP contribution in [-0.2, 0) is 11.2 Å². The molecule has 0 radical (unpaired) electrons. The lowest BCUT2D eigenvalue weighted by molar-refractivity contribution is -0.274. The zero-order chi connectivity index (χ0) is 31.1. The molecule has 5 rings (SSSR count). The number of rotatable bonds is 10. The fourth-order valence-electron chi connectivity index (χ4n) is 4.32. The van der Waals surface area contributed by atoms with E-state index in [-0.39, 0.29) is 24.1 Å². The van der Waals surface area contributed by atoms with Crippen molar-refractivity contribution in [2.24, 2.45) is 4.99 Å². The largest absolute Gasteiger partial charge is 0.573 e. The topological polar surface area (TPSA) is 111 Å². The van der Waals surface area contributed by atoms with Crippen molar-refractivity contribution in [3.63, 3.8) is 0 Å². The zero-order valence-electron chi connectivity index (χ0n) is 23.5. The summed E-state index contributed by atoms with van der Waals surface area (Å²) in [7, 11) is 0. The maximum atomic E-state index is 12.7. The zero-order valence-corrected chi connectivity index (χ0v) is 24.3. The van der Waals surface area contributed by atoms with Gasteiger partial charge in [-0.25, -0.2) is 14.5 Å². The summed E-state index contributed by atoms with van der Waals surface area (Å²) in [5.41, 5.74) is 2.94. The normalized spacial score (nSPS) is 14.2. The molecule has 14 heteroatoms. The number of urea groups is 1. The van der Waals surface area contributed by atoms with Crippen LogP contribution in [0.25, 0.3) is 17.1 Å². The number of para-hydroxylation sites is 1. The van der Waals surface area contributed by atoms with Gasteiger partial charge >= 0.3 is 12.4 Å². The number of carbonyl (C=O) groups excluding carboxylic acids is 2. The molecule has 2 heterocycles. The van der Waals surface area contributed by atoms with Gasteiger partial charge in [0.15, 0.2) is 17.7 Å². The Morgan fingerprint density at radius 3 is 2.50 bits per heavy atom. The third-order valence-electron chi connectivity index (χ3n) is 6.40. The number of thioether (sulfide) groups is 1. The van der Waals surface area contributed by atoms with E-state index < -0.39 is 12.4 Å². The van der Waals surface area contributed by atoms with Gasteiger partial charge in [-0.3, -0.25) is 9.69 Å². The molecule has 0 spiro atoms. The first-order valence-electron chi connectivity index (χ1n) is 13.6. The fourth-order valence-corrected chi connectivity index (χ4v) is 5.18. The molecule has 44 heavy (non-hydrogen) atoms. The van der Waals surface area contributed by atoms with Gasteiger partial charge in [0.25, 0.3) is 0 Å². The van der Waals surface area contributed by atoms with Crippen molar-refractivity contribution in [1.82, 2.24) is 20.1 Å². The van der Waals surface area contributed by atoms with Gasteiger partial charge < -0.3 is 14.8 Å². The molecular formula is C30H27F3N6O4S. The summed E-state index contributed by atoms with van der Waals surface area (Å²) in [6.45, 7) is 1.95. The van der Waals surface area contributed by atoms with Crippen molar-refractivity contribution in [3.05, 3.63) is 84.7 Å². The van der Waals surface area contributed by atoms with Gasteiger partial charge in [0.05, 0.1) is 17.1 Å². The Morgan fingerprint density at radius 1 is 1.05 bits per heavy atom. The number of amides is 3. The summed E-state index contributed by atoms with van der Waals surface area (Å²) in [6, 6.07) is 19.1. The van der Waals surface area contributed by atoms with E-state index in [0.717, 1.165) is 30.5 Å². The van der Waals surface area contributed by atoms with Gasteiger partial charge in [0.1, 0.15) is 17.8 Å². The number of amidine groups is 1. The van der Waals surface area contributed by atoms with Gasteiger partial charge in [0, 0.05) is 5.56 Å². The molecule has 0 unspecified atom stereocenters. The van der Waals surface area contributed by atoms with Crippen molar-refractivity contribution >= 4 is 34.6 Å². The summed E-state index contributed by atoms with van der Waals surface area (Å²) in [5, 5.41) is 7.27. The molecule has 10 nitrogen and oxygen atoms in total. The van der Waals surface area contributed by atoms with Crippen molar-refractivity contribution in [2.75, 3.05) is 17.4 Å². The van der Waals surface area contributed by atoms with Crippen LogP contribution in [0.1, 0.15) is 25.3 Å². The van der Waals surface area contributed by atoms with Crippen LogP contribution in [0.4, 0.5) is 23.7 Å². The minimum atomic E-state index is -4.77. The lowest BCUT2D eigenvalue weighted by Gasteiger charge is -2.19. The number of hydrogen-bond acceptors (Lipinski definition) is 7. The maximum Gasteiger partial charge on any atom is 0.573 e. The predicted octanol–water partition coefficient (Wildman–Crippen LogP) is 6.36. The second-order valence-corrected chi connectivity index (χ2v) is 10.4. The number of ether oxygens (including phenoxy) is 2. The highest BCUT2D eigenvalue weighted by Crippen LogP contribution is 2.31.